The molecule has 44 heavy (non-hydrogen) atoms. The van der Waals surface area contributed by atoms with Crippen LogP contribution in [0.3, 0.4) is 0 Å². The molecule has 0 aromatic heterocycles. The molecule has 0 saturated heterocycles. The van der Waals surface area contributed by atoms with Crippen LogP contribution in [-0.2, 0) is 56.3 Å². The molecule has 0 heterocycles. The lowest BCUT2D eigenvalue weighted by molar-refractivity contribution is -0.184. The van der Waals surface area contributed by atoms with E-state index in [-0.39, 0.29) is 24.8 Å². The molecule has 2 unspecified atom stereocenters. The highest BCUT2D eigenvalue weighted by Crippen LogP contribution is 2.73. The van der Waals surface area contributed by atoms with Gasteiger partial charge in [0.25, 0.3) is 5.08 Å². The summed E-state index contributed by atoms with van der Waals surface area (Å²) < 4.78 is 54.8. The third-order valence-electron chi connectivity index (χ3n) is 6.13. The highest BCUT2D eigenvalue weighted by atomic mass is 31.2. The van der Waals surface area contributed by atoms with Crippen molar-refractivity contribution >= 4 is 39.1 Å². The molecule has 0 spiro atoms. The Morgan fingerprint density at radius 1 is 0.727 bits per heavy atom. The first kappa shape index (κ1) is 42.0. The normalized spacial score (nSPS) is 17.9. The number of rotatable bonds is 19. The Kier molecular flexibility index (Phi) is 15.8. The largest absolute Gasteiger partial charge is 0.446 e. The number of carbonyl (C=O) groups excluding carboxylic acids is 4. The Morgan fingerprint density at radius 3 is 1.32 bits per heavy atom. The van der Waals surface area contributed by atoms with Gasteiger partial charge in [-0.2, -0.15) is 0 Å². The van der Waals surface area contributed by atoms with Gasteiger partial charge < -0.3 is 51.0 Å². The van der Waals surface area contributed by atoms with Crippen molar-refractivity contribution in [2.45, 2.75) is 96.6 Å². The second-order valence-corrected chi connectivity index (χ2v) is 15.9. The number of aliphatic hydroxyl groups is 1. The molecule has 4 atom stereocenters. The molecule has 0 saturated carbocycles. The minimum atomic E-state index is -5.63. The Balaban J connectivity index is 5.56. The number of esters is 4. The number of nitrogens with two attached hydrogens (primary N) is 3. The van der Waals surface area contributed by atoms with Gasteiger partial charge in [-0.3, -0.25) is 27.8 Å². The van der Waals surface area contributed by atoms with Crippen LogP contribution in [0.5, 0.6) is 0 Å². The zero-order chi connectivity index (χ0) is 34.9. The molecular formula is C24H47N3O15P2. The maximum atomic E-state index is 13.0. The van der Waals surface area contributed by atoms with Gasteiger partial charge in [0.05, 0.1) is 0 Å². The van der Waals surface area contributed by atoms with E-state index in [4.69, 9.17) is 36.1 Å². The van der Waals surface area contributed by atoms with Crippen molar-refractivity contribution in [3.63, 3.8) is 0 Å². The number of carbonyl (C=O) groups is 4. The first-order chi connectivity index (χ1) is 19.8. The fourth-order valence-electron chi connectivity index (χ4n) is 2.91. The Labute approximate surface area is 256 Å². The highest BCUT2D eigenvalue weighted by Gasteiger charge is 2.62. The van der Waals surface area contributed by atoms with Gasteiger partial charge in [-0.05, 0) is 52.5 Å². The van der Waals surface area contributed by atoms with Gasteiger partial charge in [0.2, 0.25) is 24.8 Å². The summed E-state index contributed by atoms with van der Waals surface area (Å²) in [5.41, 5.74) is 12.9. The maximum absolute atomic E-state index is 13.0. The summed E-state index contributed by atoms with van der Waals surface area (Å²) in [7, 11) is -11.3. The van der Waals surface area contributed by atoms with E-state index in [1.807, 2.05) is 0 Å². The van der Waals surface area contributed by atoms with E-state index >= 15 is 0 Å². The Hall–Kier alpha value is -1.98. The topological polar surface area (TPSA) is 297 Å². The van der Waals surface area contributed by atoms with Gasteiger partial charge in [-0.15, -0.1) is 0 Å². The lowest BCUT2D eigenvalue weighted by atomic mass is 10.1. The summed E-state index contributed by atoms with van der Waals surface area (Å²) >= 11 is 0. The zero-order valence-electron chi connectivity index (χ0n) is 26.2. The molecule has 0 amide bonds. The molecule has 0 radical (unpaired) electrons. The van der Waals surface area contributed by atoms with E-state index in [9.17, 15) is 43.2 Å². The molecule has 18 nitrogen and oxygen atoms in total. The monoisotopic (exact) mass is 679 g/mol. The van der Waals surface area contributed by atoms with E-state index in [2.05, 4.69) is 9.05 Å². The van der Waals surface area contributed by atoms with Crippen LogP contribution in [0.25, 0.3) is 0 Å². The van der Waals surface area contributed by atoms with E-state index in [1.54, 1.807) is 27.7 Å². The highest BCUT2D eigenvalue weighted by molar-refractivity contribution is 7.72. The van der Waals surface area contributed by atoms with Crippen LogP contribution in [0.15, 0.2) is 0 Å². The smallest absolute Gasteiger partial charge is 0.374 e. The van der Waals surface area contributed by atoms with Gasteiger partial charge in [-0.25, -0.2) is 9.59 Å². The molecule has 0 aliphatic heterocycles. The van der Waals surface area contributed by atoms with Gasteiger partial charge in [0, 0.05) is 6.42 Å². The van der Waals surface area contributed by atoms with Gasteiger partial charge in [-0.1, -0.05) is 27.7 Å². The average Bonchev–Trinajstić information content (AvgIpc) is 2.89. The van der Waals surface area contributed by atoms with E-state index < -0.39 is 87.4 Å². The van der Waals surface area contributed by atoms with Gasteiger partial charge in [0.1, 0.15) is 12.1 Å². The van der Waals surface area contributed by atoms with Crippen LogP contribution in [-0.4, -0.2) is 87.3 Å². The predicted octanol–water partition coefficient (Wildman–Crippen LogP) is 0.387. The van der Waals surface area contributed by atoms with Crippen molar-refractivity contribution in [2.24, 2.45) is 29.0 Å². The van der Waals surface area contributed by atoms with Crippen molar-refractivity contribution < 1.29 is 71.2 Å². The van der Waals surface area contributed by atoms with E-state index in [1.165, 1.54) is 0 Å². The van der Waals surface area contributed by atoms with Crippen molar-refractivity contribution in [2.75, 3.05) is 20.1 Å². The van der Waals surface area contributed by atoms with E-state index in [0.717, 1.165) is 27.7 Å². The molecule has 0 fully saturated rings. The zero-order valence-corrected chi connectivity index (χ0v) is 28.0. The molecule has 0 bridgehead atoms. The summed E-state index contributed by atoms with van der Waals surface area (Å²) in [6.45, 7) is 8.26. The van der Waals surface area contributed by atoms with Gasteiger partial charge in [0.15, 0.2) is 0 Å². The Morgan fingerprint density at radius 2 is 1.05 bits per heavy atom. The van der Waals surface area contributed by atoms with Crippen LogP contribution in [0.1, 0.15) is 68.2 Å². The summed E-state index contributed by atoms with van der Waals surface area (Å²) in [6.07, 6.45) is -1.23. The first-order valence-corrected chi connectivity index (χ1v) is 16.6. The molecular weight excluding hydrogens is 632 g/mol. The van der Waals surface area contributed by atoms with Crippen molar-refractivity contribution in [1.29, 1.82) is 0 Å². The molecule has 0 rings (SSSR count). The summed E-state index contributed by atoms with van der Waals surface area (Å²) in [5.74, 6) is -4.98. The van der Waals surface area contributed by atoms with Crippen LogP contribution >= 0.6 is 15.2 Å². The lowest BCUT2D eigenvalue weighted by Gasteiger charge is -2.34. The number of hydrogen-bond donors (Lipinski definition) is 6. The minimum Gasteiger partial charge on any atom is -0.446 e. The molecule has 9 N–H and O–H groups in total. The summed E-state index contributed by atoms with van der Waals surface area (Å²) in [5, 5.41) is 7.39. The standard InChI is InChI=1S/C24H47N3O15P2/c1-14(2)16(26)18(28)41-22(5,6)20(30)37-12-39-43(33,34)24(32,10-9-11-25)44(35,36)40-13-38-21(31)23(7,8)42-19(29)17(27)15(3)4/h14-17,32H,9-13,25-27H2,1-8H3,(H,33,34)(H,35,36)/t16-,17-/m0/s1. The van der Waals surface area contributed by atoms with Crippen molar-refractivity contribution in [1.82, 2.24) is 0 Å². The summed E-state index contributed by atoms with van der Waals surface area (Å²) in [6, 6.07) is -2.12. The average molecular weight is 680 g/mol. The maximum Gasteiger partial charge on any atom is 0.374 e. The van der Waals surface area contributed by atoms with Crippen LogP contribution in [0.4, 0.5) is 0 Å². The quantitative estimate of drug-likeness (QED) is 0.0465. The Bertz CT molecular complexity index is 1030. The fourth-order valence-corrected chi connectivity index (χ4v) is 6.22. The van der Waals surface area contributed by atoms with Crippen LogP contribution < -0.4 is 17.2 Å². The fraction of sp³-hybridized carbons (Fsp3) is 0.833. The molecule has 0 aliphatic carbocycles. The SMILES string of the molecule is CC(C)[C@H](N)C(=O)OC(C)(C)C(=O)OCOP(=O)(O)C(O)(CCCN)P(=O)(O)OCOC(=O)C(C)(C)OC(=O)[C@@H](N)C(C)C. The third-order valence-corrected chi connectivity index (χ3v) is 10.8. The van der Waals surface area contributed by atoms with E-state index in [0.29, 0.717) is 0 Å². The predicted molar refractivity (Wildman–Crippen MR) is 153 cm³/mol. The minimum absolute atomic E-state index is 0.220. The first-order valence-electron chi connectivity index (χ1n) is 13.5. The molecule has 20 heteroatoms. The second-order valence-electron chi connectivity index (χ2n) is 11.5. The van der Waals surface area contributed by atoms with Crippen LogP contribution in [0, 0.1) is 11.8 Å². The molecule has 0 aliphatic rings. The summed E-state index contributed by atoms with van der Waals surface area (Å²) in [4.78, 5) is 70.1. The molecule has 258 valence electrons. The number of ether oxygens (including phenoxy) is 4. The van der Waals surface area contributed by atoms with Crippen LogP contribution in [0.2, 0.25) is 0 Å². The third kappa shape index (κ3) is 11.4. The number of hydrogen-bond acceptors (Lipinski definition) is 16. The van der Waals surface area contributed by atoms with Crippen molar-refractivity contribution in [3.8, 4) is 0 Å². The second kappa shape index (κ2) is 16.5. The van der Waals surface area contributed by atoms with Crippen molar-refractivity contribution in [3.05, 3.63) is 0 Å². The molecule has 0 aromatic carbocycles. The molecule has 0 aromatic rings. The lowest BCUT2D eigenvalue weighted by Crippen LogP contribution is -2.46. The van der Waals surface area contributed by atoms with Gasteiger partial charge >= 0.3 is 39.1 Å².